The summed E-state index contributed by atoms with van der Waals surface area (Å²) < 4.78 is 26.4. The minimum atomic E-state index is -3.78. The summed E-state index contributed by atoms with van der Waals surface area (Å²) >= 11 is 6.99. The van der Waals surface area contributed by atoms with Gasteiger partial charge in [0.05, 0.1) is 5.02 Å². The number of aromatic nitrogens is 2. The van der Waals surface area contributed by atoms with Crippen LogP contribution >= 0.6 is 22.9 Å². The number of hydrogen-bond donors (Lipinski definition) is 2. The van der Waals surface area contributed by atoms with E-state index in [-0.39, 0.29) is 15.0 Å². The Kier molecular flexibility index (Phi) is 3.42. The van der Waals surface area contributed by atoms with Gasteiger partial charge in [-0.05, 0) is 25.1 Å². The highest BCUT2D eigenvalue weighted by atomic mass is 35.5. The molecule has 1 heterocycles. The molecule has 0 atom stereocenters. The van der Waals surface area contributed by atoms with Crippen molar-refractivity contribution in [1.82, 2.24) is 10.2 Å². The summed E-state index contributed by atoms with van der Waals surface area (Å²) in [6.45, 7) is 1.73. The van der Waals surface area contributed by atoms with Gasteiger partial charge in [-0.2, -0.15) is 0 Å². The van der Waals surface area contributed by atoms with Gasteiger partial charge in [-0.25, -0.2) is 8.42 Å². The number of sulfonamides is 1. The number of nitrogen functional groups attached to an aromatic ring is 1. The van der Waals surface area contributed by atoms with Gasteiger partial charge in [-0.15, -0.1) is 10.2 Å². The molecule has 0 unspecified atom stereocenters. The fraction of sp³-hybridized carbons (Fsp3) is 0.111. The molecule has 2 rings (SSSR count). The average molecular weight is 305 g/mol. The fourth-order valence-electron chi connectivity index (χ4n) is 1.24. The van der Waals surface area contributed by atoms with E-state index in [1.165, 1.54) is 18.2 Å². The summed E-state index contributed by atoms with van der Waals surface area (Å²) in [6, 6.07) is 4.18. The van der Waals surface area contributed by atoms with Gasteiger partial charge in [0.2, 0.25) is 5.13 Å². The van der Waals surface area contributed by atoms with Gasteiger partial charge < -0.3 is 5.73 Å². The standard InChI is InChI=1S/C9H9ClN4O2S2/c1-5-12-13-9(17-5)14-18(15,16)8-3-2-6(11)4-7(8)10/h2-4H,11H2,1H3,(H,13,14). The van der Waals surface area contributed by atoms with Crippen molar-refractivity contribution in [2.75, 3.05) is 10.5 Å². The molecular formula is C9H9ClN4O2S2. The molecule has 3 N–H and O–H groups in total. The molecule has 0 saturated carbocycles. The minimum absolute atomic E-state index is 0.0498. The molecule has 1 aromatic heterocycles. The Morgan fingerprint density at radius 3 is 2.67 bits per heavy atom. The molecule has 2 aromatic rings. The first-order chi connectivity index (χ1) is 8.38. The van der Waals surface area contributed by atoms with Gasteiger partial charge in [-0.1, -0.05) is 22.9 Å². The second-order valence-electron chi connectivity index (χ2n) is 3.42. The van der Waals surface area contributed by atoms with Crippen LogP contribution in [0.3, 0.4) is 0 Å². The first-order valence-electron chi connectivity index (χ1n) is 4.76. The van der Waals surface area contributed by atoms with E-state index in [1.807, 2.05) is 0 Å². The van der Waals surface area contributed by atoms with Crippen LogP contribution in [-0.4, -0.2) is 18.6 Å². The lowest BCUT2D eigenvalue weighted by Crippen LogP contribution is -2.13. The van der Waals surface area contributed by atoms with Gasteiger partial charge in [0, 0.05) is 5.69 Å². The van der Waals surface area contributed by atoms with Crippen molar-refractivity contribution in [1.29, 1.82) is 0 Å². The second-order valence-corrected chi connectivity index (χ2v) is 6.66. The third-order valence-corrected chi connectivity index (χ3v) is 4.70. The van der Waals surface area contributed by atoms with Crippen molar-refractivity contribution < 1.29 is 8.42 Å². The molecule has 18 heavy (non-hydrogen) atoms. The summed E-state index contributed by atoms with van der Waals surface area (Å²) in [5.74, 6) is 0. The molecule has 0 aliphatic heterocycles. The predicted molar refractivity (Wildman–Crippen MR) is 71.3 cm³/mol. The highest BCUT2D eigenvalue weighted by Crippen LogP contribution is 2.26. The largest absolute Gasteiger partial charge is 0.399 e. The van der Waals surface area contributed by atoms with E-state index in [9.17, 15) is 8.42 Å². The number of nitrogens with zero attached hydrogens (tertiary/aromatic N) is 2. The summed E-state index contributed by atoms with van der Waals surface area (Å²) in [5.41, 5.74) is 5.90. The van der Waals surface area contributed by atoms with Gasteiger partial charge in [0.25, 0.3) is 10.0 Å². The molecule has 0 saturated heterocycles. The monoisotopic (exact) mass is 304 g/mol. The minimum Gasteiger partial charge on any atom is -0.399 e. The van der Waals surface area contributed by atoms with Crippen molar-refractivity contribution in [3.8, 4) is 0 Å². The predicted octanol–water partition coefficient (Wildman–Crippen LogP) is 1.88. The molecule has 6 nitrogen and oxygen atoms in total. The zero-order valence-corrected chi connectivity index (χ0v) is 11.6. The van der Waals surface area contributed by atoms with Crippen LogP contribution in [0.5, 0.6) is 0 Å². The quantitative estimate of drug-likeness (QED) is 0.844. The third-order valence-electron chi connectivity index (χ3n) is 1.99. The molecule has 9 heteroatoms. The van der Waals surface area contributed by atoms with Gasteiger partial charge in [0.15, 0.2) is 0 Å². The molecule has 0 radical (unpaired) electrons. The Labute approximate surface area is 113 Å². The van der Waals surface area contributed by atoms with E-state index < -0.39 is 10.0 Å². The lowest BCUT2D eigenvalue weighted by molar-refractivity contribution is 0.601. The zero-order valence-electron chi connectivity index (χ0n) is 9.21. The molecule has 0 aliphatic rings. The molecule has 0 fully saturated rings. The van der Waals surface area contributed by atoms with Gasteiger partial charge in [0.1, 0.15) is 9.90 Å². The average Bonchev–Trinajstić information content (AvgIpc) is 2.62. The third kappa shape index (κ3) is 2.71. The highest BCUT2D eigenvalue weighted by molar-refractivity contribution is 7.93. The first-order valence-corrected chi connectivity index (χ1v) is 7.44. The van der Waals surface area contributed by atoms with Crippen molar-refractivity contribution in [2.24, 2.45) is 0 Å². The maximum Gasteiger partial charge on any atom is 0.265 e. The Bertz CT molecular complexity index is 684. The van der Waals surface area contributed by atoms with E-state index in [1.54, 1.807) is 6.92 Å². The molecule has 96 valence electrons. The maximum atomic E-state index is 12.0. The van der Waals surface area contributed by atoms with Crippen LogP contribution in [0.1, 0.15) is 5.01 Å². The van der Waals surface area contributed by atoms with Gasteiger partial charge >= 0.3 is 0 Å². The molecule has 0 aliphatic carbocycles. The molecule has 0 spiro atoms. The maximum absolute atomic E-state index is 12.0. The summed E-state index contributed by atoms with van der Waals surface area (Å²) in [4.78, 5) is -0.0498. The first kappa shape index (κ1) is 13.1. The summed E-state index contributed by atoms with van der Waals surface area (Å²) in [5, 5.41) is 8.32. The lowest BCUT2D eigenvalue weighted by Gasteiger charge is -2.06. The number of hydrogen-bond acceptors (Lipinski definition) is 6. The molecule has 0 bridgehead atoms. The van der Waals surface area contributed by atoms with Crippen molar-refractivity contribution >= 4 is 43.8 Å². The van der Waals surface area contributed by atoms with Crippen LogP contribution in [0, 0.1) is 6.92 Å². The second kappa shape index (κ2) is 4.71. The van der Waals surface area contributed by atoms with Crippen molar-refractivity contribution in [2.45, 2.75) is 11.8 Å². The van der Waals surface area contributed by atoms with E-state index >= 15 is 0 Å². The van der Waals surface area contributed by atoms with Crippen LogP contribution < -0.4 is 10.5 Å². The van der Waals surface area contributed by atoms with E-state index in [2.05, 4.69) is 14.9 Å². The molecule has 1 aromatic carbocycles. The van der Waals surface area contributed by atoms with Crippen LogP contribution in [0.2, 0.25) is 5.02 Å². The van der Waals surface area contributed by atoms with Crippen molar-refractivity contribution in [3.05, 3.63) is 28.2 Å². The fourth-order valence-corrected chi connectivity index (χ4v) is 3.62. The number of halogens is 1. The summed E-state index contributed by atoms with van der Waals surface area (Å²) in [7, 11) is -3.78. The normalized spacial score (nSPS) is 11.4. The lowest BCUT2D eigenvalue weighted by atomic mass is 10.3. The van der Waals surface area contributed by atoms with Crippen LogP contribution in [-0.2, 0) is 10.0 Å². The summed E-state index contributed by atoms with van der Waals surface area (Å²) in [6.07, 6.45) is 0. The number of nitrogens with one attached hydrogen (secondary N) is 1. The van der Waals surface area contributed by atoms with E-state index in [0.29, 0.717) is 10.7 Å². The highest BCUT2D eigenvalue weighted by Gasteiger charge is 2.19. The van der Waals surface area contributed by atoms with E-state index in [0.717, 1.165) is 11.3 Å². The zero-order chi connectivity index (χ0) is 13.3. The Hall–Kier alpha value is -1.38. The van der Waals surface area contributed by atoms with Crippen LogP contribution in [0.15, 0.2) is 23.1 Å². The van der Waals surface area contributed by atoms with Crippen molar-refractivity contribution in [3.63, 3.8) is 0 Å². The smallest absolute Gasteiger partial charge is 0.265 e. The Morgan fingerprint density at radius 2 is 2.11 bits per heavy atom. The van der Waals surface area contributed by atoms with Crippen LogP contribution in [0.25, 0.3) is 0 Å². The molecule has 0 amide bonds. The number of rotatable bonds is 3. The molecular weight excluding hydrogens is 296 g/mol. The number of nitrogens with two attached hydrogens (primary N) is 1. The van der Waals surface area contributed by atoms with Crippen LogP contribution in [0.4, 0.5) is 10.8 Å². The number of aryl methyl sites for hydroxylation is 1. The SMILES string of the molecule is Cc1nnc(NS(=O)(=O)c2ccc(N)cc2Cl)s1. The Morgan fingerprint density at radius 1 is 1.39 bits per heavy atom. The number of anilines is 2. The van der Waals surface area contributed by atoms with Gasteiger partial charge in [-0.3, -0.25) is 4.72 Å². The Balaban J connectivity index is 2.36. The number of benzene rings is 1. The van der Waals surface area contributed by atoms with E-state index in [4.69, 9.17) is 17.3 Å². The topological polar surface area (TPSA) is 98.0 Å².